The third kappa shape index (κ3) is 3.08. The highest BCUT2D eigenvalue weighted by atomic mass is 32.1. The number of halogens is 1. The van der Waals surface area contributed by atoms with Crippen molar-refractivity contribution in [2.75, 3.05) is 0 Å². The summed E-state index contributed by atoms with van der Waals surface area (Å²) in [5.74, 6) is -0.477. The predicted molar refractivity (Wildman–Crippen MR) is 65.7 cm³/mol. The second-order valence-corrected chi connectivity index (χ2v) is 4.57. The number of hydrogen-bond acceptors (Lipinski definition) is 5. The van der Waals surface area contributed by atoms with E-state index in [0.29, 0.717) is 12.1 Å². The van der Waals surface area contributed by atoms with Crippen LogP contribution < -0.4 is 5.32 Å². The lowest BCUT2D eigenvalue weighted by molar-refractivity contribution is -0.385. The molecule has 0 fully saturated rings. The molecule has 0 atom stereocenters. The van der Waals surface area contributed by atoms with Crippen LogP contribution in [-0.4, -0.2) is 9.91 Å². The van der Waals surface area contributed by atoms with Crippen LogP contribution in [0.2, 0.25) is 0 Å². The summed E-state index contributed by atoms with van der Waals surface area (Å²) in [6.07, 6.45) is 1.72. The zero-order valence-electron chi connectivity index (χ0n) is 9.30. The average Bonchev–Trinajstić information content (AvgIpc) is 2.82. The van der Waals surface area contributed by atoms with Gasteiger partial charge in [-0.05, 0) is 12.1 Å². The fourth-order valence-corrected chi connectivity index (χ4v) is 2.09. The second kappa shape index (κ2) is 5.65. The van der Waals surface area contributed by atoms with Gasteiger partial charge in [-0.15, -0.1) is 11.3 Å². The standard InChI is InChI=1S/C11H10FN3O2S/c12-9-1-2-11(15(16)17)8(3-9)4-13-5-10-6-14-7-18-10/h1-3,6-7,13H,4-5H2. The van der Waals surface area contributed by atoms with Crippen LogP contribution in [0.15, 0.2) is 29.9 Å². The Morgan fingerprint density at radius 1 is 1.44 bits per heavy atom. The van der Waals surface area contributed by atoms with Crippen LogP contribution in [-0.2, 0) is 13.1 Å². The largest absolute Gasteiger partial charge is 0.307 e. The Hall–Kier alpha value is -1.86. The van der Waals surface area contributed by atoms with Crippen molar-refractivity contribution < 1.29 is 9.31 Å². The average molecular weight is 267 g/mol. The smallest absolute Gasteiger partial charge is 0.274 e. The number of aromatic nitrogens is 1. The molecule has 0 radical (unpaired) electrons. The van der Waals surface area contributed by atoms with Gasteiger partial charge >= 0.3 is 0 Å². The minimum absolute atomic E-state index is 0.0757. The van der Waals surface area contributed by atoms with Crippen molar-refractivity contribution in [3.8, 4) is 0 Å². The molecule has 7 heteroatoms. The van der Waals surface area contributed by atoms with Crippen LogP contribution in [0.25, 0.3) is 0 Å². The molecule has 0 aliphatic rings. The molecule has 5 nitrogen and oxygen atoms in total. The van der Waals surface area contributed by atoms with E-state index in [4.69, 9.17) is 0 Å². The van der Waals surface area contributed by atoms with Gasteiger partial charge in [0, 0.05) is 35.8 Å². The Morgan fingerprint density at radius 2 is 2.28 bits per heavy atom. The van der Waals surface area contributed by atoms with E-state index in [0.717, 1.165) is 10.9 Å². The van der Waals surface area contributed by atoms with Gasteiger partial charge in [0.2, 0.25) is 0 Å². The topological polar surface area (TPSA) is 68.1 Å². The van der Waals surface area contributed by atoms with Crippen molar-refractivity contribution in [3.63, 3.8) is 0 Å². The van der Waals surface area contributed by atoms with E-state index < -0.39 is 10.7 Å². The number of benzene rings is 1. The maximum atomic E-state index is 13.1. The number of nitro benzene ring substituents is 1. The van der Waals surface area contributed by atoms with E-state index in [1.165, 1.54) is 23.5 Å². The third-order valence-corrected chi connectivity index (χ3v) is 3.12. The first kappa shape index (κ1) is 12.6. The molecule has 2 rings (SSSR count). The van der Waals surface area contributed by atoms with Crippen molar-refractivity contribution in [1.29, 1.82) is 0 Å². The number of thiazole rings is 1. The van der Waals surface area contributed by atoms with Gasteiger partial charge in [-0.2, -0.15) is 0 Å². The molecule has 94 valence electrons. The Bertz CT molecular complexity index is 545. The molecule has 0 unspecified atom stereocenters. The lowest BCUT2D eigenvalue weighted by Gasteiger charge is -2.04. The molecule has 1 aromatic carbocycles. The summed E-state index contributed by atoms with van der Waals surface area (Å²) >= 11 is 1.49. The number of nitro groups is 1. The van der Waals surface area contributed by atoms with E-state index in [1.807, 2.05) is 0 Å². The molecule has 0 aliphatic carbocycles. The van der Waals surface area contributed by atoms with Gasteiger partial charge in [0.15, 0.2) is 0 Å². The molecular weight excluding hydrogens is 257 g/mol. The molecule has 0 saturated heterocycles. The maximum Gasteiger partial charge on any atom is 0.274 e. The van der Waals surface area contributed by atoms with Crippen LogP contribution >= 0.6 is 11.3 Å². The first-order valence-electron chi connectivity index (χ1n) is 5.17. The van der Waals surface area contributed by atoms with Crippen LogP contribution in [0.1, 0.15) is 10.4 Å². The maximum absolute atomic E-state index is 13.1. The highest BCUT2D eigenvalue weighted by molar-refractivity contribution is 7.09. The Labute approximate surface area is 106 Å². The summed E-state index contributed by atoms with van der Waals surface area (Å²) < 4.78 is 13.1. The molecule has 18 heavy (non-hydrogen) atoms. The molecule has 0 aliphatic heterocycles. The molecule has 0 saturated carbocycles. The first-order chi connectivity index (χ1) is 8.66. The minimum Gasteiger partial charge on any atom is -0.307 e. The third-order valence-electron chi connectivity index (χ3n) is 2.34. The van der Waals surface area contributed by atoms with Crippen LogP contribution in [0.4, 0.5) is 10.1 Å². The van der Waals surface area contributed by atoms with Gasteiger partial charge < -0.3 is 5.32 Å². The molecule has 1 N–H and O–H groups in total. The number of rotatable bonds is 5. The van der Waals surface area contributed by atoms with E-state index >= 15 is 0 Å². The predicted octanol–water partition coefficient (Wildman–Crippen LogP) is 2.48. The Kier molecular flexibility index (Phi) is 3.96. The van der Waals surface area contributed by atoms with Gasteiger partial charge in [-0.3, -0.25) is 15.1 Å². The summed E-state index contributed by atoms with van der Waals surface area (Å²) in [6.45, 7) is 0.796. The highest BCUT2D eigenvalue weighted by Crippen LogP contribution is 2.19. The molecular formula is C11H10FN3O2S. The summed E-state index contributed by atoms with van der Waals surface area (Å²) in [5, 5.41) is 13.8. The van der Waals surface area contributed by atoms with E-state index in [2.05, 4.69) is 10.3 Å². The summed E-state index contributed by atoms with van der Waals surface area (Å²) in [4.78, 5) is 15.2. The molecule has 0 bridgehead atoms. The lowest BCUT2D eigenvalue weighted by atomic mass is 10.1. The van der Waals surface area contributed by atoms with Crippen molar-refractivity contribution >= 4 is 17.0 Å². The minimum atomic E-state index is -0.511. The van der Waals surface area contributed by atoms with Crippen molar-refractivity contribution in [2.45, 2.75) is 13.1 Å². The first-order valence-corrected chi connectivity index (χ1v) is 6.05. The zero-order valence-corrected chi connectivity index (χ0v) is 10.1. The van der Waals surface area contributed by atoms with E-state index in [9.17, 15) is 14.5 Å². The molecule has 1 heterocycles. The number of nitrogens with one attached hydrogen (secondary N) is 1. The fraction of sp³-hybridized carbons (Fsp3) is 0.182. The summed E-state index contributed by atoms with van der Waals surface area (Å²) in [5.41, 5.74) is 1.97. The van der Waals surface area contributed by atoms with Crippen LogP contribution in [0, 0.1) is 15.9 Å². The quantitative estimate of drug-likeness (QED) is 0.667. The highest BCUT2D eigenvalue weighted by Gasteiger charge is 2.13. The van der Waals surface area contributed by atoms with E-state index in [-0.39, 0.29) is 12.2 Å². The molecule has 0 amide bonds. The summed E-state index contributed by atoms with van der Waals surface area (Å²) in [7, 11) is 0. The van der Waals surface area contributed by atoms with Crippen LogP contribution in [0.3, 0.4) is 0 Å². The number of nitrogens with zero attached hydrogens (tertiary/aromatic N) is 2. The molecule has 1 aromatic heterocycles. The van der Waals surface area contributed by atoms with Gasteiger partial charge in [-0.1, -0.05) is 0 Å². The van der Waals surface area contributed by atoms with Crippen molar-refractivity contribution in [1.82, 2.24) is 10.3 Å². The molecule has 0 spiro atoms. The Balaban J connectivity index is 2.03. The van der Waals surface area contributed by atoms with E-state index in [1.54, 1.807) is 11.7 Å². The Morgan fingerprint density at radius 3 is 2.94 bits per heavy atom. The van der Waals surface area contributed by atoms with Crippen molar-refractivity contribution in [3.05, 3.63) is 56.3 Å². The van der Waals surface area contributed by atoms with Gasteiger partial charge in [0.05, 0.1) is 10.4 Å². The fourth-order valence-electron chi connectivity index (χ4n) is 1.52. The number of hydrogen-bond donors (Lipinski definition) is 1. The van der Waals surface area contributed by atoms with Crippen molar-refractivity contribution in [2.24, 2.45) is 0 Å². The normalized spacial score (nSPS) is 10.5. The van der Waals surface area contributed by atoms with Gasteiger partial charge in [0.25, 0.3) is 5.69 Å². The van der Waals surface area contributed by atoms with Gasteiger partial charge in [-0.25, -0.2) is 4.39 Å². The molecule has 2 aromatic rings. The zero-order chi connectivity index (χ0) is 13.0. The summed E-state index contributed by atoms with van der Waals surface area (Å²) in [6, 6.07) is 3.45. The lowest BCUT2D eigenvalue weighted by Crippen LogP contribution is -2.13. The van der Waals surface area contributed by atoms with Gasteiger partial charge in [0.1, 0.15) is 5.82 Å². The monoisotopic (exact) mass is 267 g/mol. The SMILES string of the molecule is O=[N+]([O-])c1ccc(F)cc1CNCc1cncs1. The van der Waals surface area contributed by atoms with Crippen LogP contribution in [0.5, 0.6) is 0 Å². The second-order valence-electron chi connectivity index (χ2n) is 3.60.